The summed E-state index contributed by atoms with van der Waals surface area (Å²) < 4.78 is 18.0. The van der Waals surface area contributed by atoms with Crippen LogP contribution in [0.3, 0.4) is 0 Å². The van der Waals surface area contributed by atoms with Crippen molar-refractivity contribution in [1.29, 1.82) is 0 Å². The minimum atomic E-state index is -0.881. The van der Waals surface area contributed by atoms with Crippen molar-refractivity contribution in [2.45, 2.75) is 12.1 Å². The van der Waals surface area contributed by atoms with E-state index in [4.69, 9.17) is 15.4 Å². The van der Waals surface area contributed by atoms with Gasteiger partial charge in [-0.05, 0) is 16.7 Å². The molecular formula is C13H16FN3O2. The highest BCUT2D eigenvalue weighted by Gasteiger charge is 2.21. The van der Waals surface area contributed by atoms with Gasteiger partial charge in [0, 0.05) is 12.0 Å². The topological polar surface area (TPSA) is 78.2 Å². The molecule has 1 N–H and O–H groups in total. The predicted molar refractivity (Wildman–Crippen MR) is 71.2 cm³/mol. The highest BCUT2D eigenvalue weighted by atomic mass is 19.1. The second-order valence-corrected chi connectivity index (χ2v) is 3.83. The molecule has 1 rings (SSSR count). The Bertz CT molecular complexity index is 455. The van der Waals surface area contributed by atoms with Crippen molar-refractivity contribution in [2.24, 2.45) is 5.11 Å². The number of aliphatic hydroxyl groups is 1. The number of nitrogens with zero attached hydrogens (tertiary/aromatic N) is 3. The second-order valence-electron chi connectivity index (χ2n) is 3.83. The number of rotatable bonds is 7. The van der Waals surface area contributed by atoms with Crippen molar-refractivity contribution in [3.05, 3.63) is 51.9 Å². The lowest BCUT2D eigenvalue weighted by Gasteiger charge is -2.20. The van der Waals surface area contributed by atoms with Crippen LogP contribution in [0.2, 0.25) is 0 Å². The monoisotopic (exact) mass is 265 g/mol. The first-order chi connectivity index (χ1) is 9.26. The molecule has 0 spiro atoms. The van der Waals surface area contributed by atoms with E-state index in [2.05, 4.69) is 10.0 Å². The number of methoxy groups -OCH3 is 1. The van der Waals surface area contributed by atoms with Crippen molar-refractivity contribution < 1.29 is 14.2 Å². The van der Waals surface area contributed by atoms with Crippen LogP contribution in [0.25, 0.3) is 16.5 Å². The van der Waals surface area contributed by atoms with Crippen molar-refractivity contribution >= 4 is 6.08 Å². The lowest BCUT2D eigenvalue weighted by molar-refractivity contribution is 0.0722. The fourth-order valence-electron chi connectivity index (χ4n) is 1.74. The van der Waals surface area contributed by atoms with Gasteiger partial charge in [0.15, 0.2) is 0 Å². The third-order valence-electron chi connectivity index (χ3n) is 2.64. The van der Waals surface area contributed by atoms with Gasteiger partial charge in [0.25, 0.3) is 0 Å². The molecule has 0 saturated carbocycles. The van der Waals surface area contributed by atoms with E-state index in [1.54, 1.807) is 24.3 Å². The molecular weight excluding hydrogens is 249 g/mol. The summed E-state index contributed by atoms with van der Waals surface area (Å²) in [4.78, 5) is 2.63. The number of ether oxygens (including phenoxy) is 1. The van der Waals surface area contributed by atoms with Crippen molar-refractivity contribution in [3.63, 3.8) is 0 Å². The Balaban J connectivity index is 2.92. The highest BCUT2D eigenvalue weighted by Crippen LogP contribution is 2.24. The molecule has 0 amide bonds. The zero-order valence-corrected chi connectivity index (χ0v) is 10.6. The Labute approximate surface area is 111 Å². The lowest BCUT2D eigenvalue weighted by atomic mass is 10.0. The van der Waals surface area contributed by atoms with Crippen LogP contribution in [0.5, 0.6) is 0 Å². The summed E-state index contributed by atoms with van der Waals surface area (Å²) in [6.45, 7) is -0.808. The molecule has 0 unspecified atom stereocenters. The van der Waals surface area contributed by atoms with Crippen LogP contribution in [0.15, 0.2) is 35.5 Å². The van der Waals surface area contributed by atoms with Gasteiger partial charge >= 0.3 is 0 Å². The molecule has 0 aliphatic rings. The number of benzene rings is 1. The van der Waals surface area contributed by atoms with E-state index in [1.165, 1.54) is 7.11 Å². The predicted octanol–water partition coefficient (Wildman–Crippen LogP) is 3.03. The molecule has 0 fully saturated rings. The summed E-state index contributed by atoms with van der Waals surface area (Å²) in [6, 6.07) is 6.31. The zero-order chi connectivity index (χ0) is 14.1. The normalized spacial score (nSPS) is 14.1. The molecule has 2 atom stereocenters. The van der Waals surface area contributed by atoms with Crippen LogP contribution < -0.4 is 0 Å². The van der Waals surface area contributed by atoms with E-state index in [1.807, 2.05) is 12.1 Å². The maximum absolute atomic E-state index is 12.8. The molecule has 6 heteroatoms. The highest BCUT2D eigenvalue weighted by molar-refractivity contribution is 5.49. The first kappa shape index (κ1) is 15.2. The minimum Gasteiger partial charge on any atom is -0.392 e. The zero-order valence-electron chi connectivity index (χ0n) is 10.6. The summed E-state index contributed by atoms with van der Waals surface area (Å²) in [6.07, 6.45) is 2.77. The molecule has 1 aromatic rings. The fourth-order valence-corrected chi connectivity index (χ4v) is 1.74. The summed E-state index contributed by atoms with van der Waals surface area (Å²) in [5.41, 5.74) is 10.0. The Hall–Kier alpha value is -1.88. The number of alkyl halides is 1. The van der Waals surface area contributed by atoms with Gasteiger partial charge in [-0.3, -0.25) is 4.39 Å². The van der Waals surface area contributed by atoms with Crippen molar-refractivity contribution in [3.8, 4) is 0 Å². The molecule has 5 nitrogen and oxygen atoms in total. The Morgan fingerprint density at radius 1 is 1.47 bits per heavy atom. The van der Waals surface area contributed by atoms with E-state index < -0.39 is 18.8 Å². The van der Waals surface area contributed by atoms with Gasteiger partial charge in [-0.1, -0.05) is 41.5 Å². The largest absolute Gasteiger partial charge is 0.392 e. The van der Waals surface area contributed by atoms with Gasteiger partial charge in [0.2, 0.25) is 0 Å². The second kappa shape index (κ2) is 8.26. The molecule has 1 aromatic carbocycles. The molecule has 0 radical (unpaired) electrons. The number of azide groups is 1. The summed E-state index contributed by atoms with van der Waals surface area (Å²) in [5, 5.41) is 12.1. The molecule has 19 heavy (non-hydrogen) atoms. The maximum Gasteiger partial charge on any atom is 0.101 e. The molecule has 0 aliphatic heterocycles. The van der Waals surface area contributed by atoms with Crippen LogP contribution >= 0.6 is 0 Å². The Kier molecular flexibility index (Phi) is 6.60. The fraction of sp³-hybridized carbons (Fsp3) is 0.385. The SMILES string of the molecule is CO[C@H](c1ccc(/C=C/CO)cc1)[C@@H](CF)N=[N+]=[N-]. The third kappa shape index (κ3) is 4.37. The van der Waals surface area contributed by atoms with Gasteiger partial charge in [0.1, 0.15) is 6.67 Å². The quantitative estimate of drug-likeness (QED) is 0.467. The van der Waals surface area contributed by atoms with Crippen LogP contribution in [-0.4, -0.2) is 31.5 Å². The van der Waals surface area contributed by atoms with Gasteiger partial charge < -0.3 is 9.84 Å². The first-order valence-electron chi connectivity index (χ1n) is 5.77. The van der Waals surface area contributed by atoms with Gasteiger partial charge in [0.05, 0.1) is 18.8 Å². The molecule has 0 bridgehead atoms. The maximum atomic E-state index is 12.8. The summed E-state index contributed by atoms with van der Waals surface area (Å²) >= 11 is 0. The smallest absolute Gasteiger partial charge is 0.101 e. The van der Waals surface area contributed by atoms with Crippen molar-refractivity contribution in [1.82, 2.24) is 0 Å². The van der Waals surface area contributed by atoms with Gasteiger partial charge in [-0.2, -0.15) is 0 Å². The van der Waals surface area contributed by atoms with E-state index >= 15 is 0 Å². The Morgan fingerprint density at radius 3 is 2.63 bits per heavy atom. The minimum absolute atomic E-state index is 0.0245. The number of aliphatic hydroxyl groups excluding tert-OH is 1. The molecule has 0 saturated heterocycles. The number of hydrogen-bond donors (Lipinski definition) is 1. The standard InChI is InChI=1S/C13H16FN3O2/c1-19-13(12(9-14)16-17-15)11-6-4-10(5-7-11)3-2-8-18/h2-7,12-13,18H,8-9H2,1H3/b3-2+/t12-,13-/m1/s1. The van der Waals surface area contributed by atoms with Gasteiger partial charge in [-0.15, -0.1) is 0 Å². The average Bonchev–Trinajstić information content (AvgIpc) is 2.46. The average molecular weight is 265 g/mol. The number of halogens is 1. The van der Waals surface area contributed by atoms with Crippen LogP contribution in [-0.2, 0) is 4.74 Å². The Morgan fingerprint density at radius 2 is 2.16 bits per heavy atom. The number of hydrogen-bond acceptors (Lipinski definition) is 3. The lowest BCUT2D eigenvalue weighted by Crippen LogP contribution is -2.20. The molecule has 0 aliphatic carbocycles. The molecule has 102 valence electrons. The van der Waals surface area contributed by atoms with Crippen LogP contribution in [0.1, 0.15) is 17.2 Å². The first-order valence-corrected chi connectivity index (χ1v) is 5.77. The van der Waals surface area contributed by atoms with E-state index in [0.717, 1.165) is 11.1 Å². The van der Waals surface area contributed by atoms with Crippen molar-refractivity contribution in [2.75, 3.05) is 20.4 Å². The van der Waals surface area contributed by atoms with Crippen LogP contribution in [0, 0.1) is 0 Å². The summed E-state index contributed by atoms with van der Waals surface area (Å²) in [7, 11) is 1.44. The molecule has 0 aromatic heterocycles. The van der Waals surface area contributed by atoms with E-state index in [-0.39, 0.29) is 6.61 Å². The molecule has 0 heterocycles. The van der Waals surface area contributed by atoms with Crippen LogP contribution in [0.4, 0.5) is 4.39 Å². The van der Waals surface area contributed by atoms with E-state index in [0.29, 0.717) is 0 Å². The van der Waals surface area contributed by atoms with Gasteiger partial charge in [-0.25, -0.2) is 0 Å². The van der Waals surface area contributed by atoms with E-state index in [9.17, 15) is 4.39 Å². The summed E-state index contributed by atoms with van der Waals surface area (Å²) in [5.74, 6) is 0. The third-order valence-corrected chi connectivity index (χ3v) is 2.64.